The first-order valence-corrected chi connectivity index (χ1v) is 5.55. The molecule has 15 heavy (non-hydrogen) atoms. The van der Waals surface area contributed by atoms with Gasteiger partial charge in [-0.3, -0.25) is 4.79 Å². The number of rotatable bonds is 2. The lowest BCUT2D eigenvalue weighted by Crippen LogP contribution is -2.25. The molecular formula is C13H16O2. The Labute approximate surface area is 89.9 Å². The van der Waals surface area contributed by atoms with Crippen LogP contribution in [0.1, 0.15) is 37.4 Å². The van der Waals surface area contributed by atoms with Gasteiger partial charge in [-0.25, -0.2) is 0 Å². The van der Waals surface area contributed by atoms with Crippen molar-refractivity contribution in [3.8, 4) is 0 Å². The van der Waals surface area contributed by atoms with Crippen LogP contribution in [0.4, 0.5) is 0 Å². The van der Waals surface area contributed by atoms with Gasteiger partial charge in [-0.1, -0.05) is 36.8 Å². The Bertz CT molecular complexity index is 332. The predicted octanol–water partition coefficient (Wildman–Crippen LogP) is 2.48. The fraction of sp³-hybridized carbons (Fsp3) is 0.462. The van der Waals surface area contributed by atoms with E-state index < -0.39 is 6.10 Å². The number of Topliss-reactive ketones (excluding diaryl/α,β-unsaturated/α-hetero) is 1. The number of aliphatic hydroxyl groups is 1. The highest BCUT2D eigenvalue weighted by molar-refractivity contribution is 5.82. The maximum atomic E-state index is 11.6. The molecule has 0 aromatic heterocycles. The van der Waals surface area contributed by atoms with Gasteiger partial charge in [0.1, 0.15) is 5.78 Å². The van der Waals surface area contributed by atoms with Crippen LogP contribution in [-0.2, 0) is 4.79 Å². The molecule has 1 unspecified atom stereocenters. The third kappa shape index (κ3) is 2.26. The molecule has 1 fully saturated rings. The van der Waals surface area contributed by atoms with Crippen molar-refractivity contribution in [2.75, 3.05) is 0 Å². The van der Waals surface area contributed by atoms with Crippen LogP contribution in [0.15, 0.2) is 30.3 Å². The van der Waals surface area contributed by atoms with Crippen molar-refractivity contribution >= 4 is 5.78 Å². The molecule has 1 saturated carbocycles. The first-order valence-electron chi connectivity index (χ1n) is 5.55. The molecule has 2 nitrogen and oxygen atoms in total. The molecule has 1 aromatic rings. The second-order valence-corrected chi connectivity index (χ2v) is 4.17. The zero-order chi connectivity index (χ0) is 10.7. The summed E-state index contributed by atoms with van der Waals surface area (Å²) < 4.78 is 0. The van der Waals surface area contributed by atoms with Gasteiger partial charge in [-0.15, -0.1) is 0 Å². The highest BCUT2D eigenvalue weighted by Gasteiger charge is 2.29. The normalized spacial score (nSPS) is 23.8. The second kappa shape index (κ2) is 4.58. The van der Waals surface area contributed by atoms with E-state index in [9.17, 15) is 9.90 Å². The van der Waals surface area contributed by atoms with Gasteiger partial charge in [0.05, 0.1) is 6.10 Å². The molecule has 1 aromatic carbocycles. The maximum absolute atomic E-state index is 11.6. The molecule has 0 bridgehead atoms. The Kier molecular flexibility index (Phi) is 3.17. The number of benzene rings is 1. The molecule has 0 amide bonds. The average molecular weight is 204 g/mol. The quantitative estimate of drug-likeness (QED) is 0.803. The highest BCUT2D eigenvalue weighted by Crippen LogP contribution is 2.31. The van der Waals surface area contributed by atoms with E-state index in [0.717, 1.165) is 24.8 Å². The van der Waals surface area contributed by atoms with Crippen molar-refractivity contribution in [3.05, 3.63) is 35.9 Å². The van der Waals surface area contributed by atoms with Crippen molar-refractivity contribution in [1.29, 1.82) is 0 Å². The van der Waals surface area contributed by atoms with E-state index in [0.29, 0.717) is 6.42 Å². The van der Waals surface area contributed by atoms with Gasteiger partial charge >= 0.3 is 0 Å². The van der Waals surface area contributed by atoms with Gasteiger partial charge < -0.3 is 5.11 Å². The first-order chi connectivity index (χ1) is 7.29. The zero-order valence-electron chi connectivity index (χ0n) is 8.73. The van der Waals surface area contributed by atoms with Crippen LogP contribution in [-0.4, -0.2) is 10.9 Å². The summed E-state index contributed by atoms with van der Waals surface area (Å²) in [6.45, 7) is 0. The van der Waals surface area contributed by atoms with E-state index in [4.69, 9.17) is 0 Å². The molecule has 2 rings (SSSR count). The third-order valence-electron chi connectivity index (χ3n) is 3.12. The van der Waals surface area contributed by atoms with Crippen LogP contribution in [0.25, 0.3) is 0 Å². The third-order valence-corrected chi connectivity index (χ3v) is 3.12. The van der Waals surface area contributed by atoms with Crippen LogP contribution >= 0.6 is 0 Å². The molecule has 2 heteroatoms. The molecule has 0 radical (unpaired) electrons. The topological polar surface area (TPSA) is 37.3 Å². The Morgan fingerprint density at radius 1 is 1.20 bits per heavy atom. The Balaban J connectivity index is 2.13. The van der Waals surface area contributed by atoms with Crippen LogP contribution in [0.3, 0.4) is 0 Å². The monoisotopic (exact) mass is 204 g/mol. The van der Waals surface area contributed by atoms with E-state index in [1.54, 1.807) is 0 Å². The molecule has 0 aliphatic heterocycles. The maximum Gasteiger partial charge on any atom is 0.138 e. The molecule has 0 spiro atoms. The van der Waals surface area contributed by atoms with Crippen LogP contribution < -0.4 is 0 Å². The fourth-order valence-electron chi connectivity index (χ4n) is 2.23. The van der Waals surface area contributed by atoms with E-state index in [1.165, 1.54) is 0 Å². The van der Waals surface area contributed by atoms with Gasteiger partial charge in [0.15, 0.2) is 0 Å². The Morgan fingerprint density at radius 3 is 2.60 bits per heavy atom. The van der Waals surface area contributed by atoms with Crippen molar-refractivity contribution in [1.82, 2.24) is 0 Å². The number of ketones is 1. The molecule has 0 heterocycles. The summed E-state index contributed by atoms with van der Waals surface area (Å²) in [5, 5.41) is 10.1. The highest BCUT2D eigenvalue weighted by atomic mass is 16.3. The van der Waals surface area contributed by atoms with Crippen LogP contribution in [0.5, 0.6) is 0 Å². The smallest absolute Gasteiger partial charge is 0.138 e. The Hall–Kier alpha value is -1.15. The SMILES string of the molecule is O=C1CCCCC1[C@H](O)c1ccccc1. The van der Waals surface area contributed by atoms with Gasteiger partial charge in [0.25, 0.3) is 0 Å². The molecule has 80 valence electrons. The summed E-state index contributed by atoms with van der Waals surface area (Å²) in [6, 6.07) is 9.47. The average Bonchev–Trinajstić information content (AvgIpc) is 2.30. The lowest BCUT2D eigenvalue weighted by molar-refractivity contribution is -0.128. The summed E-state index contributed by atoms with van der Waals surface area (Å²) in [4.78, 5) is 11.6. The summed E-state index contributed by atoms with van der Waals surface area (Å²) in [7, 11) is 0. The molecule has 2 atom stereocenters. The standard InChI is InChI=1S/C13H16O2/c14-12-9-5-4-8-11(12)13(15)10-6-2-1-3-7-10/h1-3,6-7,11,13,15H,4-5,8-9H2/t11?,13-/m1/s1. The number of carbonyl (C=O) groups is 1. The minimum Gasteiger partial charge on any atom is -0.388 e. The first kappa shape index (κ1) is 10.4. The molecule has 1 aliphatic rings. The van der Waals surface area contributed by atoms with Crippen LogP contribution in [0.2, 0.25) is 0 Å². The largest absolute Gasteiger partial charge is 0.388 e. The van der Waals surface area contributed by atoms with E-state index in [1.807, 2.05) is 30.3 Å². The number of hydrogen-bond donors (Lipinski definition) is 1. The van der Waals surface area contributed by atoms with Crippen molar-refractivity contribution in [3.63, 3.8) is 0 Å². The number of aliphatic hydroxyl groups excluding tert-OH is 1. The lowest BCUT2D eigenvalue weighted by atomic mass is 9.82. The van der Waals surface area contributed by atoms with Gasteiger partial charge in [0, 0.05) is 12.3 Å². The Morgan fingerprint density at radius 2 is 1.93 bits per heavy atom. The molecular weight excluding hydrogens is 188 g/mol. The minimum absolute atomic E-state index is 0.179. The van der Waals surface area contributed by atoms with Crippen molar-refractivity contribution in [2.45, 2.75) is 31.8 Å². The summed E-state index contributed by atoms with van der Waals surface area (Å²) in [5.74, 6) is 0.0405. The lowest BCUT2D eigenvalue weighted by Gasteiger charge is -2.25. The minimum atomic E-state index is -0.612. The van der Waals surface area contributed by atoms with Gasteiger partial charge in [-0.05, 0) is 18.4 Å². The fourth-order valence-corrected chi connectivity index (χ4v) is 2.23. The van der Waals surface area contributed by atoms with Gasteiger partial charge in [-0.2, -0.15) is 0 Å². The second-order valence-electron chi connectivity index (χ2n) is 4.17. The number of hydrogen-bond acceptors (Lipinski definition) is 2. The van der Waals surface area contributed by atoms with Gasteiger partial charge in [0.2, 0.25) is 0 Å². The van der Waals surface area contributed by atoms with Crippen molar-refractivity contribution < 1.29 is 9.90 Å². The number of carbonyl (C=O) groups excluding carboxylic acids is 1. The van der Waals surface area contributed by atoms with E-state index in [2.05, 4.69) is 0 Å². The van der Waals surface area contributed by atoms with Crippen molar-refractivity contribution in [2.24, 2.45) is 5.92 Å². The summed E-state index contributed by atoms with van der Waals surface area (Å²) in [6.07, 6.45) is 2.89. The van der Waals surface area contributed by atoms with Crippen LogP contribution in [0, 0.1) is 5.92 Å². The zero-order valence-corrected chi connectivity index (χ0v) is 8.73. The molecule has 0 saturated heterocycles. The van der Waals surface area contributed by atoms with E-state index in [-0.39, 0.29) is 11.7 Å². The molecule has 1 aliphatic carbocycles. The van der Waals surface area contributed by atoms with E-state index >= 15 is 0 Å². The summed E-state index contributed by atoms with van der Waals surface area (Å²) >= 11 is 0. The predicted molar refractivity (Wildman–Crippen MR) is 58.4 cm³/mol. The summed E-state index contributed by atoms with van der Waals surface area (Å²) in [5.41, 5.74) is 0.859. The molecule has 1 N–H and O–H groups in total.